The van der Waals surface area contributed by atoms with Crippen LogP contribution in [-0.4, -0.2) is 181 Å². The van der Waals surface area contributed by atoms with Gasteiger partial charge in [-0.2, -0.15) is 0 Å². The van der Waals surface area contributed by atoms with Crippen molar-refractivity contribution in [3.8, 4) is 0 Å². The van der Waals surface area contributed by atoms with Crippen LogP contribution in [0.5, 0.6) is 0 Å². The van der Waals surface area contributed by atoms with Crippen molar-refractivity contribution in [1.82, 2.24) is 0 Å². The molecule has 5 N–H and O–H groups in total. The number of aliphatic hydroxyl groups is 5. The predicted molar refractivity (Wildman–Crippen MR) is 59.0 cm³/mol. The zero-order valence-electron chi connectivity index (χ0n) is 10.2. The van der Waals surface area contributed by atoms with E-state index in [-0.39, 0.29) is 118 Å². The summed E-state index contributed by atoms with van der Waals surface area (Å²) < 4.78 is 4.58. The van der Waals surface area contributed by atoms with Gasteiger partial charge in [0.2, 0.25) is 0 Å². The standard InChI is InChI=1S/C6H12O6.4Na/c7-1-2-3(8)4(9)5(10)6(11)12-2;;;;/h2-11H,1H2;;;;/t2-,3-,4+,5-,6?;;;;/m1..../s1. The van der Waals surface area contributed by atoms with E-state index in [0.717, 1.165) is 0 Å². The Balaban J connectivity index is -0.000000180. The molecule has 0 aromatic rings. The number of hydrogen-bond acceptors (Lipinski definition) is 6. The summed E-state index contributed by atoms with van der Waals surface area (Å²) in [4.78, 5) is 0. The molecule has 1 unspecified atom stereocenters. The fourth-order valence-electron chi connectivity index (χ4n) is 1.08. The quantitative estimate of drug-likeness (QED) is 0.307. The van der Waals surface area contributed by atoms with Gasteiger partial charge in [-0.15, -0.1) is 0 Å². The summed E-state index contributed by atoms with van der Waals surface area (Å²) in [5, 5.41) is 44.7. The molecule has 1 aliphatic rings. The van der Waals surface area contributed by atoms with Crippen LogP contribution < -0.4 is 0 Å². The monoisotopic (exact) mass is 272 g/mol. The number of ether oxygens (including phenoxy) is 1. The van der Waals surface area contributed by atoms with Crippen LogP contribution in [0, 0.1) is 0 Å². The summed E-state index contributed by atoms with van der Waals surface area (Å²) in [6.07, 6.45) is -7.04. The second-order valence-electron chi connectivity index (χ2n) is 2.72. The summed E-state index contributed by atoms with van der Waals surface area (Å²) in [7, 11) is 0. The maximum absolute atomic E-state index is 9.12. The van der Waals surface area contributed by atoms with Gasteiger partial charge in [-0.05, 0) is 0 Å². The molecule has 0 aromatic heterocycles. The van der Waals surface area contributed by atoms with E-state index in [1.165, 1.54) is 0 Å². The van der Waals surface area contributed by atoms with Crippen LogP contribution in [0.1, 0.15) is 0 Å². The molecule has 1 fully saturated rings. The Morgan fingerprint density at radius 2 is 1.19 bits per heavy atom. The average molecular weight is 272 g/mol. The molecule has 1 saturated heterocycles. The maximum Gasteiger partial charge on any atom is 0.184 e. The van der Waals surface area contributed by atoms with Gasteiger partial charge in [0.15, 0.2) is 6.29 Å². The molecule has 0 spiro atoms. The number of rotatable bonds is 1. The van der Waals surface area contributed by atoms with Crippen molar-refractivity contribution in [2.24, 2.45) is 0 Å². The van der Waals surface area contributed by atoms with Crippen LogP contribution in [-0.2, 0) is 4.74 Å². The predicted octanol–water partition coefficient (Wildman–Crippen LogP) is -4.74. The molecule has 0 amide bonds. The second kappa shape index (κ2) is 13.7. The van der Waals surface area contributed by atoms with Crippen molar-refractivity contribution in [3.05, 3.63) is 0 Å². The van der Waals surface area contributed by atoms with Gasteiger partial charge in [0.05, 0.1) is 6.61 Å². The van der Waals surface area contributed by atoms with Gasteiger partial charge in [-0.3, -0.25) is 0 Å². The molecule has 1 aliphatic heterocycles. The van der Waals surface area contributed by atoms with E-state index in [1.807, 2.05) is 0 Å². The third kappa shape index (κ3) is 7.52. The first-order chi connectivity index (χ1) is 5.57. The fourth-order valence-corrected chi connectivity index (χ4v) is 1.08. The molecular weight excluding hydrogens is 260 g/mol. The second-order valence-corrected chi connectivity index (χ2v) is 2.72. The summed E-state index contributed by atoms with van der Waals surface area (Å²) in [5.41, 5.74) is 0. The molecule has 10 heteroatoms. The van der Waals surface area contributed by atoms with Crippen LogP contribution in [0.15, 0.2) is 0 Å². The van der Waals surface area contributed by atoms with Gasteiger partial charge < -0.3 is 30.3 Å². The van der Waals surface area contributed by atoms with Crippen molar-refractivity contribution >= 4 is 118 Å². The Bertz CT molecular complexity index is 159. The smallest absolute Gasteiger partial charge is 0.184 e. The van der Waals surface area contributed by atoms with Crippen LogP contribution >= 0.6 is 0 Å². The topological polar surface area (TPSA) is 110 Å². The molecule has 1 heterocycles. The largest absolute Gasteiger partial charge is 0.394 e. The molecule has 0 aliphatic carbocycles. The van der Waals surface area contributed by atoms with Crippen LogP contribution in [0.25, 0.3) is 0 Å². The van der Waals surface area contributed by atoms with E-state index in [1.54, 1.807) is 0 Å². The van der Waals surface area contributed by atoms with Crippen molar-refractivity contribution in [3.63, 3.8) is 0 Å². The van der Waals surface area contributed by atoms with E-state index in [2.05, 4.69) is 4.74 Å². The van der Waals surface area contributed by atoms with Crippen molar-refractivity contribution in [1.29, 1.82) is 0 Å². The van der Waals surface area contributed by atoms with Crippen LogP contribution in [0.4, 0.5) is 0 Å². The summed E-state index contributed by atoms with van der Waals surface area (Å²) in [6.45, 7) is -0.526. The van der Waals surface area contributed by atoms with Crippen LogP contribution in [0.2, 0.25) is 0 Å². The minimum absolute atomic E-state index is 0. The van der Waals surface area contributed by atoms with Gasteiger partial charge in [0.25, 0.3) is 0 Å². The maximum atomic E-state index is 9.12. The third-order valence-corrected chi connectivity index (χ3v) is 1.87. The van der Waals surface area contributed by atoms with Crippen molar-refractivity contribution < 1.29 is 30.3 Å². The Hall–Kier alpha value is 3.76. The molecule has 0 saturated carbocycles. The zero-order chi connectivity index (χ0) is 9.30. The van der Waals surface area contributed by atoms with Gasteiger partial charge in [0.1, 0.15) is 24.4 Å². The number of aliphatic hydroxyl groups excluding tert-OH is 5. The molecule has 4 radical (unpaired) electrons. The van der Waals surface area contributed by atoms with Crippen molar-refractivity contribution in [2.75, 3.05) is 6.61 Å². The van der Waals surface area contributed by atoms with Crippen LogP contribution in [0.3, 0.4) is 0 Å². The Morgan fingerprint density at radius 3 is 1.56 bits per heavy atom. The molecule has 16 heavy (non-hydrogen) atoms. The summed E-state index contributed by atoms with van der Waals surface area (Å²) in [6, 6.07) is 0. The minimum Gasteiger partial charge on any atom is -0.394 e. The van der Waals surface area contributed by atoms with E-state index in [4.69, 9.17) is 25.5 Å². The van der Waals surface area contributed by atoms with Gasteiger partial charge in [-0.25, -0.2) is 0 Å². The first-order valence-corrected chi connectivity index (χ1v) is 3.56. The van der Waals surface area contributed by atoms with Gasteiger partial charge >= 0.3 is 0 Å². The van der Waals surface area contributed by atoms with Gasteiger partial charge in [-0.1, -0.05) is 0 Å². The Kier molecular flexibility index (Phi) is 24.0. The third-order valence-electron chi connectivity index (χ3n) is 1.87. The van der Waals surface area contributed by atoms with E-state index < -0.39 is 37.3 Å². The van der Waals surface area contributed by atoms with Gasteiger partial charge in [0, 0.05) is 118 Å². The zero-order valence-corrected chi connectivity index (χ0v) is 18.2. The molecule has 0 aromatic carbocycles. The van der Waals surface area contributed by atoms with E-state index in [0.29, 0.717) is 0 Å². The first kappa shape index (κ1) is 28.0. The Labute approximate surface area is 182 Å². The summed E-state index contributed by atoms with van der Waals surface area (Å²) in [5.74, 6) is 0. The normalized spacial score (nSPS) is 36.9. The minimum atomic E-state index is -1.57. The molecule has 6 nitrogen and oxygen atoms in total. The van der Waals surface area contributed by atoms with Crippen molar-refractivity contribution in [2.45, 2.75) is 30.7 Å². The molecule has 76 valence electrons. The molecule has 0 bridgehead atoms. The summed E-state index contributed by atoms with van der Waals surface area (Å²) >= 11 is 0. The molecule has 1 rings (SSSR count). The number of hydrogen-bond donors (Lipinski definition) is 5. The average Bonchev–Trinajstić information content (AvgIpc) is 2.08. The SMILES string of the molecule is OC[C@H]1OC(O)[C@H](O)[C@@H](O)[C@@H]1O.[Na].[Na].[Na].[Na]. The Morgan fingerprint density at radius 1 is 0.750 bits per heavy atom. The first-order valence-electron chi connectivity index (χ1n) is 3.56. The van der Waals surface area contributed by atoms with E-state index >= 15 is 0 Å². The fraction of sp³-hybridized carbons (Fsp3) is 1.00. The molecule has 5 atom stereocenters. The van der Waals surface area contributed by atoms with E-state index in [9.17, 15) is 0 Å². The molecular formula is C6H12Na4O6.